The van der Waals surface area contributed by atoms with Crippen LogP contribution in [-0.2, 0) is 11.2 Å². The van der Waals surface area contributed by atoms with Gasteiger partial charge in [-0.05, 0) is 61.2 Å². The van der Waals surface area contributed by atoms with Crippen LogP contribution < -0.4 is 10.2 Å². The number of carbonyl (C=O) groups is 1. The molecule has 4 rings (SSSR count). The second kappa shape index (κ2) is 8.08. The molecule has 142 valence electrons. The molecule has 1 amide bonds. The highest BCUT2D eigenvalue weighted by Crippen LogP contribution is 2.26. The summed E-state index contributed by atoms with van der Waals surface area (Å²) in [5.74, 6) is 0.459. The van der Waals surface area contributed by atoms with Crippen molar-refractivity contribution in [3.8, 4) is 0 Å². The van der Waals surface area contributed by atoms with E-state index in [4.69, 9.17) is 4.42 Å². The lowest BCUT2D eigenvalue weighted by Crippen LogP contribution is -2.38. The zero-order chi connectivity index (χ0) is 18.6. The first kappa shape index (κ1) is 18.0. The van der Waals surface area contributed by atoms with E-state index in [1.54, 1.807) is 17.5 Å². The van der Waals surface area contributed by atoms with Crippen molar-refractivity contribution in [3.63, 3.8) is 0 Å². The first-order chi connectivity index (χ1) is 13.2. The molecule has 1 saturated heterocycles. The lowest BCUT2D eigenvalue weighted by molar-refractivity contribution is -0.122. The van der Waals surface area contributed by atoms with Gasteiger partial charge in [0, 0.05) is 37.1 Å². The average molecular weight is 385 g/mol. The molecule has 1 aliphatic rings. The van der Waals surface area contributed by atoms with Gasteiger partial charge in [-0.15, -0.1) is 11.3 Å². The third kappa shape index (κ3) is 4.30. The van der Waals surface area contributed by atoms with Gasteiger partial charge in [-0.1, -0.05) is 0 Å². The molecule has 27 heavy (non-hydrogen) atoms. The van der Waals surface area contributed by atoms with Crippen LogP contribution in [-0.4, -0.2) is 35.5 Å². The molecular weight excluding hydrogens is 360 g/mol. The number of pyridine rings is 1. The Bertz CT molecular complexity index is 886. The van der Waals surface area contributed by atoms with Crippen molar-refractivity contribution < 1.29 is 9.21 Å². The summed E-state index contributed by atoms with van der Waals surface area (Å²) >= 11 is 1.76. The molecule has 0 aromatic carbocycles. The average Bonchev–Trinajstić information content (AvgIpc) is 3.28. The van der Waals surface area contributed by atoms with Crippen LogP contribution >= 0.6 is 11.3 Å². The van der Waals surface area contributed by atoms with Gasteiger partial charge in [0.2, 0.25) is 11.6 Å². The minimum atomic E-state index is 0.135. The number of hydrogen-bond acceptors (Lipinski definition) is 6. The molecule has 1 N–H and O–H groups in total. The van der Waals surface area contributed by atoms with E-state index in [9.17, 15) is 4.79 Å². The number of thiophene rings is 1. The van der Waals surface area contributed by atoms with Crippen molar-refractivity contribution >= 4 is 34.5 Å². The topological polar surface area (TPSA) is 71.3 Å². The van der Waals surface area contributed by atoms with Gasteiger partial charge in [0.15, 0.2) is 5.58 Å². The van der Waals surface area contributed by atoms with Gasteiger partial charge in [-0.2, -0.15) is 4.98 Å². The van der Waals surface area contributed by atoms with Gasteiger partial charge in [-0.3, -0.25) is 4.79 Å². The molecule has 0 aliphatic carbocycles. The van der Waals surface area contributed by atoms with E-state index < -0.39 is 0 Å². The third-order valence-corrected chi connectivity index (χ3v) is 6.14. The van der Waals surface area contributed by atoms with Gasteiger partial charge >= 0.3 is 0 Å². The van der Waals surface area contributed by atoms with Crippen LogP contribution in [0.3, 0.4) is 0 Å². The monoisotopic (exact) mass is 384 g/mol. The maximum atomic E-state index is 12.3. The van der Waals surface area contributed by atoms with E-state index in [1.807, 2.05) is 12.1 Å². The van der Waals surface area contributed by atoms with Crippen LogP contribution in [0.2, 0.25) is 0 Å². The summed E-state index contributed by atoms with van der Waals surface area (Å²) in [5.41, 5.74) is 2.65. The number of carbonyl (C=O) groups excluding carboxylic acids is 1. The zero-order valence-corrected chi connectivity index (χ0v) is 16.3. The number of anilines is 1. The minimum absolute atomic E-state index is 0.135. The third-order valence-electron chi connectivity index (χ3n) is 5.06. The Labute approximate surface area is 162 Å². The summed E-state index contributed by atoms with van der Waals surface area (Å²) < 4.78 is 5.83. The number of rotatable bonds is 6. The Morgan fingerprint density at radius 2 is 2.37 bits per heavy atom. The molecule has 0 bridgehead atoms. The lowest BCUT2D eigenvalue weighted by atomic mass is 9.94. The number of hydrogen-bond donors (Lipinski definition) is 1. The first-order valence-corrected chi connectivity index (χ1v) is 10.3. The van der Waals surface area contributed by atoms with E-state index in [0.29, 0.717) is 36.1 Å². The number of fused-ring (bicyclic) bond motifs is 1. The highest BCUT2D eigenvalue weighted by Gasteiger charge is 2.25. The number of oxazole rings is 1. The van der Waals surface area contributed by atoms with E-state index >= 15 is 0 Å². The molecular formula is C20H24N4O2S. The molecule has 1 atom stereocenters. The number of piperidine rings is 1. The van der Waals surface area contributed by atoms with Gasteiger partial charge in [-0.25, -0.2) is 4.98 Å². The van der Waals surface area contributed by atoms with Crippen LogP contribution in [0.15, 0.2) is 34.2 Å². The van der Waals surface area contributed by atoms with Crippen LogP contribution in [0, 0.1) is 12.8 Å². The van der Waals surface area contributed by atoms with Gasteiger partial charge < -0.3 is 14.6 Å². The fourth-order valence-electron chi connectivity index (χ4n) is 3.61. The van der Waals surface area contributed by atoms with Crippen molar-refractivity contribution in [2.24, 2.45) is 5.92 Å². The van der Waals surface area contributed by atoms with Crippen molar-refractivity contribution in [3.05, 3.63) is 40.2 Å². The van der Waals surface area contributed by atoms with Crippen molar-refractivity contribution in [1.29, 1.82) is 0 Å². The molecule has 0 spiro atoms. The normalized spacial score (nSPS) is 17.4. The number of amides is 1. The Hall–Kier alpha value is -2.41. The van der Waals surface area contributed by atoms with Crippen LogP contribution in [0.4, 0.5) is 6.01 Å². The molecule has 1 fully saturated rings. The Balaban J connectivity index is 1.29. The van der Waals surface area contributed by atoms with Crippen LogP contribution in [0.5, 0.6) is 0 Å². The molecule has 6 nitrogen and oxygen atoms in total. The Morgan fingerprint density at radius 3 is 3.19 bits per heavy atom. The minimum Gasteiger partial charge on any atom is -0.422 e. The van der Waals surface area contributed by atoms with E-state index in [1.165, 1.54) is 10.4 Å². The molecule has 3 aromatic heterocycles. The number of nitrogens with zero attached hydrogens (tertiary/aromatic N) is 3. The predicted molar refractivity (Wildman–Crippen MR) is 107 cm³/mol. The lowest BCUT2D eigenvalue weighted by Gasteiger charge is -2.31. The Morgan fingerprint density at radius 1 is 1.44 bits per heavy atom. The molecule has 7 heteroatoms. The summed E-state index contributed by atoms with van der Waals surface area (Å²) in [5, 5.41) is 5.17. The molecule has 1 aliphatic heterocycles. The maximum Gasteiger partial charge on any atom is 0.299 e. The van der Waals surface area contributed by atoms with E-state index in [-0.39, 0.29) is 5.91 Å². The summed E-state index contributed by atoms with van der Waals surface area (Å²) in [6.07, 6.45) is 5.28. The number of aryl methyl sites for hydroxylation is 1. The zero-order valence-electron chi connectivity index (χ0n) is 15.5. The first-order valence-electron chi connectivity index (χ1n) is 9.45. The second-order valence-corrected chi connectivity index (χ2v) is 8.11. The summed E-state index contributed by atoms with van der Waals surface area (Å²) in [6.45, 7) is 4.52. The molecule has 1 unspecified atom stereocenters. The van der Waals surface area contributed by atoms with Crippen molar-refractivity contribution in [1.82, 2.24) is 15.3 Å². The predicted octanol–water partition coefficient (Wildman–Crippen LogP) is 3.56. The number of aromatic nitrogens is 2. The summed E-state index contributed by atoms with van der Waals surface area (Å²) in [4.78, 5) is 24.5. The van der Waals surface area contributed by atoms with Crippen molar-refractivity contribution in [2.75, 3.05) is 24.5 Å². The maximum absolute atomic E-state index is 12.3. The molecule has 0 radical (unpaired) electrons. The quantitative estimate of drug-likeness (QED) is 0.704. The Kier molecular flexibility index (Phi) is 5.38. The van der Waals surface area contributed by atoms with Crippen LogP contribution in [0.25, 0.3) is 11.2 Å². The largest absolute Gasteiger partial charge is 0.422 e. The van der Waals surface area contributed by atoms with Crippen LogP contribution in [0.1, 0.15) is 29.7 Å². The fraction of sp³-hybridized carbons (Fsp3) is 0.450. The standard InChI is InChI=1S/C20H24N4O2S/c1-14-7-11-27-17(14)6-9-21-18(25)12-15-4-3-10-24(13-15)20-23-19-16(26-20)5-2-8-22-19/h2,5,7-8,11,15H,3-4,6,9-10,12-13H2,1H3,(H,21,25). The highest BCUT2D eigenvalue weighted by molar-refractivity contribution is 7.10. The van der Waals surface area contributed by atoms with Crippen molar-refractivity contribution in [2.45, 2.75) is 32.6 Å². The van der Waals surface area contributed by atoms with Gasteiger partial charge in [0.25, 0.3) is 6.01 Å². The van der Waals surface area contributed by atoms with E-state index in [0.717, 1.165) is 32.4 Å². The highest BCUT2D eigenvalue weighted by atomic mass is 32.1. The molecule has 3 aromatic rings. The molecule has 4 heterocycles. The summed E-state index contributed by atoms with van der Waals surface area (Å²) in [6, 6.07) is 6.46. The van der Waals surface area contributed by atoms with Gasteiger partial charge in [0.05, 0.1) is 0 Å². The smallest absolute Gasteiger partial charge is 0.299 e. The number of nitrogens with one attached hydrogen (secondary N) is 1. The fourth-order valence-corrected chi connectivity index (χ4v) is 4.52. The van der Waals surface area contributed by atoms with E-state index in [2.05, 4.69) is 38.6 Å². The van der Waals surface area contributed by atoms with Gasteiger partial charge in [0.1, 0.15) is 0 Å². The second-order valence-electron chi connectivity index (χ2n) is 7.11. The SMILES string of the molecule is Cc1ccsc1CCNC(=O)CC1CCCN(c2nc3ncccc3o2)C1. The summed E-state index contributed by atoms with van der Waals surface area (Å²) in [7, 11) is 0. The molecule has 0 saturated carbocycles.